The molecule has 2 amide bonds. The van der Waals surface area contributed by atoms with E-state index in [9.17, 15) is 9.59 Å². The molecule has 1 aromatic heterocycles. The number of amides is 2. The predicted octanol–water partition coefficient (Wildman–Crippen LogP) is 3.69. The van der Waals surface area contributed by atoms with Crippen molar-refractivity contribution in [2.24, 2.45) is 11.3 Å². The molecule has 0 spiro atoms. The van der Waals surface area contributed by atoms with Crippen molar-refractivity contribution in [2.45, 2.75) is 53.5 Å². The van der Waals surface area contributed by atoms with Crippen molar-refractivity contribution in [2.75, 3.05) is 31.6 Å². The second-order valence-electron chi connectivity index (χ2n) is 8.93. The Bertz CT molecular complexity index is 876. The summed E-state index contributed by atoms with van der Waals surface area (Å²) in [6, 6.07) is 7.92. The number of carbonyl (C=O) groups excluding carboxylic acids is 2. The lowest BCUT2D eigenvalue weighted by Gasteiger charge is -2.35. The van der Waals surface area contributed by atoms with Crippen LogP contribution in [0.1, 0.15) is 47.0 Å². The molecule has 0 saturated carbocycles. The van der Waals surface area contributed by atoms with Crippen molar-refractivity contribution in [3.63, 3.8) is 0 Å². The number of nitrogens with zero attached hydrogens (tertiary/aromatic N) is 3. The van der Waals surface area contributed by atoms with Crippen LogP contribution in [0.5, 0.6) is 0 Å². The smallest absolute Gasteiger partial charge is 0.229 e. The molecule has 0 bridgehead atoms. The topological polar surface area (TPSA) is 76.5 Å². The fourth-order valence-electron chi connectivity index (χ4n) is 3.90. The Morgan fingerprint density at radius 3 is 2.57 bits per heavy atom. The van der Waals surface area contributed by atoms with Crippen molar-refractivity contribution in [3.05, 3.63) is 24.3 Å². The minimum Gasteiger partial charge on any atom is -0.382 e. The molecule has 1 aliphatic heterocycles. The Labute approximate surface area is 178 Å². The van der Waals surface area contributed by atoms with Crippen LogP contribution in [0.15, 0.2) is 24.3 Å². The highest BCUT2D eigenvalue weighted by molar-refractivity contribution is 5.93. The number of imidazole rings is 1. The molecule has 1 N–H and O–H groups in total. The van der Waals surface area contributed by atoms with E-state index < -0.39 is 0 Å². The molecule has 7 heteroatoms. The van der Waals surface area contributed by atoms with Crippen molar-refractivity contribution < 1.29 is 14.3 Å². The van der Waals surface area contributed by atoms with Crippen molar-refractivity contribution in [1.29, 1.82) is 0 Å². The van der Waals surface area contributed by atoms with Crippen LogP contribution in [-0.2, 0) is 20.9 Å². The van der Waals surface area contributed by atoms with E-state index in [-0.39, 0.29) is 23.1 Å². The average molecular weight is 415 g/mol. The van der Waals surface area contributed by atoms with Crippen molar-refractivity contribution >= 4 is 28.8 Å². The molecular weight excluding hydrogens is 380 g/mol. The van der Waals surface area contributed by atoms with Crippen molar-refractivity contribution in [3.8, 4) is 0 Å². The minimum atomic E-state index is -0.387. The number of likely N-dealkylation sites (tertiary alicyclic amines) is 1. The quantitative estimate of drug-likeness (QED) is 0.701. The van der Waals surface area contributed by atoms with Crippen LogP contribution in [-0.4, -0.2) is 52.6 Å². The Morgan fingerprint density at radius 1 is 1.20 bits per heavy atom. The third-order valence-corrected chi connectivity index (χ3v) is 5.56. The first-order valence-electron chi connectivity index (χ1n) is 10.9. The monoisotopic (exact) mass is 414 g/mol. The lowest BCUT2D eigenvalue weighted by molar-refractivity contribution is -0.142. The standard InChI is InChI=1S/C23H34N4O3/c1-5-30-16-8-13-27-19-10-7-6-9-18(19)24-22(27)25-20(28)17-11-14-26(15-12-17)21(29)23(2,3)4/h6-7,9-10,17H,5,8,11-16H2,1-4H3,(H,24,25,28). The summed E-state index contributed by atoms with van der Waals surface area (Å²) < 4.78 is 7.52. The summed E-state index contributed by atoms with van der Waals surface area (Å²) in [4.78, 5) is 32.0. The van der Waals surface area contributed by atoms with Crippen LogP contribution in [0.25, 0.3) is 11.0 Å². The number of piperidine rings is 1. The molecule has 2 aromatic rings. The van der Waals surface area contributed by atoms with E-state index in [0.717, 1.165) is 24.0 Å². The summed E-state index contributed by atoms with van der Waals surface area (Å²) in [5.41, 5.74) is 1.49. The molecule has 1 aliphatic rings. The maximum absolute atomic E-state index is 13.0. The SMILES string of the molecule is CCOCCCn1c(NC(=O)C2CCN(C(=O)C(C)(C)C)CC2)nc2ccccc21. The zero-order valence-electron chi connectivity index (χ0n) is 18.6. The van der Waals surface area contributed by atoms with Crippen LogP contribution in [0.4, 0.5) is 5.95 Å². The zero-order chi connectivity index (χ0) is 21.7. The van der Waals surface area contributed by atoms with Gasteiger partial charge in [0.05, 0.1) is 11.0 Å². The molecule has 0 unspecified atom stereocenters. The fourth-order valence-corrected chi connectivity index (χ4v) is 3.90. The number of rotatable bonds is 7. The van der Waals surface area contributed by atoms with Crippen LogP contribution < -0.4 is 5.32 Å². The van der Waals surface area contributed by atoms with Gasteiger partial charge >= 0.3 is 0 Å². The summed E-state index contributed by atoms with van der Waals surface area (Å²) in [7, 11) is 0. The number of aromatic nitrogens is 2. The molecule has 1 saturated heterocycles. The van der Waals surface area contributed by atoms with E-state index in [2.05, 4.69) is 14.9 Å². The largest absolute Gasteiger partial charge is 0.382 e. The van der Waals surface area contributed by atoms with Crippen LogP contribution in [0, 0.1) is 11.3 Å². The summed E-state index contributed by atoms with van der Waals surface area (Å²) in [5, 5.41) is 3.05. The Hall–Kier alpha value is -2.41. The molecule has 0 atom stereocenters. The van der Waals surface area contributed by atoms with Gasteiger partial charge in [-0.2, -0.15) is 0 Å². The van der Waals surface area contributed by atoms with E-state index >= 15 is 0 Å². The van der Waals surface area contributed by atoms with Gasteiger partial charge < -0.3 is 14.2 Å². The number of anilines is 1. The molecule has 7 nitrogen and oxygen atoms in total. The zero-order valence-corrected chi connectivity index (χ0v) is 18.6. The molecule has 3 rings (SSSR count). The van der Waals surface area contributed by atoms with Gasteiger partial charge in [0.2, 0.25) is 17.8 Å². The predicted molar refractivity (Wildman–Crippen MR) is 118 cm³/mol. The number of fused-ring (bicyclic) bond motifs is 1. The first-order chi connectivity index (χ1) is 14.3. The Morgan fingerprint density at radius 2 is 1.90 bits per heavy atom. The lowest BCUT2D eigenvalue weighted by Crippen LogP contribution is -2.45. The van der Waals surface area contributed by atoms with Gasteiger partial charge in [-0.15, -0.1) is 0 Å². The lowest BCUT2D eigenvalue weighted by atomic mass is 9.91. The number of para-hydroxylation sites is 2. The number of carbonyl (C=O) groups is 2. The molecule has 30 heavy (non-hydrogen) atoms. The Balaban J connectivity index is 1.66. The fraction of sp³-hybridized carbons (Fsp3) is 0.609. The van der Waals surface area contributed by atoms with Gasteiger partial charge in [0.15, 0.2) is 0 Å². The molecule has 2 heterocycles. The average Bonchev–Trinajstić information content (AvgIpc) is 3.07. The highest BCUT2D eigenvalue weighted by atomic mass is 16.5. The van der Waals surface area contributed by atoms with E-state index in [1.165, 1.54) is 0 Å². The highest BCUT2D eigenvalue weighted by Gasteiger charge is 2.32. The number of nitrogens with one attached hydrogen (secondary N) is 1. The maximum Gasteiger partial charge on any atom is 0.229 e. The summed E-state index contributed by atoms with van der Waals surface area (Å²) in [5.74, 6) is 0.619. The van der Waals surface area contributed by atoms with Crippen LogP contribution in [0.2, 0.25) is 0 Å². The third kappa shape index (κ3) is 5.19. The molecule has 1 aromatic carbocycles. The third-order valence-electron chi connectivity index (χ3n) is 5.56. The van der Waals surface area contributed by atoms with Gasteiger partial charge in [-0.25, -0.2) is 4.98 Å². The number of ether oxygens (including phenoxy) is 1. The molecule has 1 fully saturated rings. The first-order valence-corrected chi connectivity index (χ1v) is 10.9. The van der Waals surface area contributed by atoms with Gasteiger partial charge in [0.25, 0.3) is 0 Å². The van der Waals surface area contributed by atoms with Gasteiger partial charge in [0, 0.05) is 44.2 Å². The molecule has 0 aliphatic carbocycles. The first kappa shape index (κ1) is 22.3. The number of aryl methyl sites for hydroxylation is 1. The highest BCUT2D eigenvalue weighted by Crippen LogP contribution is 2.25. The van der Waals surface area contributed by atoms with Crippen LogP contribution in [0.3, 0.4) is 0 Å². The minimum absolute atomic E-state index is 0.0146. The maximum atomic E-state index is 13.0. The van der Waals surface area contributed by atoms with E-state index in [1.807, 2.05) is 56.9 Å². The second-order valence-corrected chi connectivity index (χ2v) is 8.93. The summed E-state index contributed by atoms with van der Waals surface area (Å²) >= 11 is 0. The molecular formula is C23H34N4O3. The number of hydrogen-bond donors (Lipinski definition) is 1. The summed E-state index contributed by atoms with van der Waals surface area (Å²) in [6.07, 6.45) is 2.21. The van der Waals surface area contributed by atoms with E-state index in [0.29, 0.717) is 45.1 Å². The van der Waals surface area contributed by atoms with E-state index in [1.54, 1.807) is 0 Å². The second kappa shape index (κ2) is 9.60. The van der Waals surface area contributed by atoms with Crippen molar-refractivity contribution in [1.82, 2.24) is 14.5 Å². The van der Waals surface area contributed by atoms with Gasteiger partial charge in [-0.05, 0) is 38.3 Å². The number of benzene rings is 1. The van der Waals surface area contributed by atoms with Crippen LogP contribution >= 0.6 is 0 Å². The van der Waals surface area contributed by atoms with E-state index in [4.69, 9.17) is 4.74 Å². The summed E-state index contributed by atoms with van der Waals surface area (Å²) in [6.45, 7) is 11.1. The molecule has 0 radical (unpaired) electrons. The molecule has 164 valence electrons. The van der Waals surface area contributed by atoms with Gasteiger partial charge in [-0.1, -0.05) is 32.9 Å². The number of hydrogen-bond acceptors (Lipinski definition) is 4. The Kier molecular flexibility index (Phi) is 7.13. The van der Waals surface area contributed by atoms with Gasteiger partial charge in [0.1, 0.15) is 0 Å². The normalized spacial score (nSPS) is 15.5. The van der Waals surface area contributed by atoms with Gasteiger partial charge in [-0.3, -0.25) is 14.9 Å².